The highest BCUT2D eigenvalue weighted by Gasteiger charge is 2.37. The van der Waals surface area contributed by atoms with Crippen LogP contribution in [0.1, 0.15) is 43.2 Å². The third-order valence-corrected chi connectivity index (χ3v) is 6.82. The summed E-state index contributed by atoms with van der Waals surface area (Å²) in [5, 5.41) is 3.23. The van der Waals surface area contributed by atoms with Crippen molar-refractivity contribution in [3.63, 3.8) is 0 Å². The highest BCUT2D eigenvalue weighted by atomic mass is 16.5. The van der Waals surface area contributed by atoms with Crippen LogP contribution in [0.3, 0.4) is 0 Å². The molecule has 3 heterocycles. The van der Waals surface area contributed by atoms with Crippen LogP contribution >= 0.6 is 0 Å². The molecule has 2 atom stereocenters. The lowest BCUT2D eigenvalue weighted by atomic mass is 9.88. The number of piperidine rings is 1. The number of carbonyl (C=O) groups is 1. The Balaban J connectivity index is 1.54. The molecule has 1 aromatic heterocycles. The molecule has 1 aromatic carbocycles. The van der Waals surface area contributed by atoms with E-state index in [1.165, 1.54) is 30.4 Å². The number of rotatable bonds is 5. The number of fused-ring (bicyclic) bond motifs is 1. The molecular formula is C26H36N4O2. The number of hydrogen-bond acceptors (Lipinski definition) is 5. The minimum atomic E-state index is 0.0384. The Morgan fingerprint density at radius 2 is 1.88 bits per heavy atom. The lowest BCUT2D eigenvalue weighted by molar-refractivity contribution is -0.129. The van der Waals surface area contributed by atoms with Gasteiger partial charge in [0.2, 0.25) is 5.91 Å². The second kappa shape index (κ2) is 11.4. The zero-order valence-electron chi connectivity index (χ0n) is 19.2. The Labute approximate surface area is 192 Å². The second-order valence-electron chi connectivity index (χ2n) is 9.08. The third kappa shape index (κ3) is 6.08. The highest BCUT2D eigenvalue weighted by molar-refractivity contribution is 5.79. The number of ether oxygens (including phenoxy) is 1. The first-order chi connectivity index (χ1) is 15.7. The summed E-state index contributed by atoms with van der Waals surface area (Å²) in [4.78, 5) is 22.4. The fraction of sp³-hybridized carbons (Fsp3) is 0.538. The van der Waals surface area contributed by atoms with Crippen LogP contribution in [0.4, 0.5) is 0 Å². The van der Waals surface area contributed by atoms with Crippen LogP contribution in [0.2, 0.25) is 0 Å². The fourth-order valence-electron chi connectivity index (χ4n) is 5.07. The number of aromatic nitrogens is 1. The maximum absolute atomic E-state index is 13.1. The number of nitrogens with one attached hydrogen (secondary N) is 1. The van der Waals surface area contributed by atoms with Gasteiger partial charge in [-0.25, -0.2) is 0 Å². The van der Waals surface area contributed by atoms with E-state index >= 15 is 0 Å². The molecule has 172 valence electrons. The lowest BCUT2D eigenvalue weighted by Gasteiger charge is -2.43. The Hall–Kier alpha value is -2.44. The number of amides is 1. The van der Waals surface area contributed by atoms with Gasteiger partial charge in [-0.1, -0.05) is 25.0 Å². The number of pyridine rings is 1. The maximum atomic E-state index is 13.1. The summed E-state index contributed by atoms with van der Waals surface area (Å²) >= 11 is 0. The molecule has 0 bridgehead atoms. The predicted molar refractivity (Wildman–Crippen MR) is 126 cm³/mol. The minimum Gasteiger partial charge on any atom is -0.497 e. The molecule has 0 spiro atoms. The van der Waals surface area contributed by atoms with E-state index in [9.17, 15) is 4.79 Å². The molecule has 6 heteroatoms. The summed E-state index contributed by atoms with van der Waals surface area (Å²) in [5.74, 6) is 1.17. The molecule has 6 nitrogen and oxygen atoms in total. The number of hydrogen-bond donors (Lipinski definition) is 1. The fourth-order valence-corrected chi connectivity index (χ4v) is 5.07. The number of methoxy groups -OCH3 is 1. The zero-order chi connectivity index (χ0) is 22.2. The van der Waals surface area contributed by atoms with Crippen molar-refractivity contribution in [2.45, 2.75) is 51.2 Å². The van der Waals surface area contributed by atoms with E-state index in [1.54, 1.807) is 7.11 Å². The summed E-state index contributed by atoms with van der Waals surface area (Å²) in [6, 6.07) is 12.7. The van der Waals surface area contributed by atoms with Gasteiger partial charge in [0.25, 0.3) is 0 Å². The van der Waals surface area contributed by atoms with Crippen molar-refractivity contribution in [1.82, 2.24) is 20.1 Å². The van der Waals surface area contributed by atoms with E-state index in [-0.39, 0.29) is 17.9 Å². The highest BCUT2D eigenvalue weighted by Crippen LogP contribution is 2.27. The molecule has 2 aromatic rings. The first-order valence-corrected chi connectivity index (χ1v) is 12.0. The van der Waals surface area contributed by atoms with Crippen molar-refractivity contribution in [3.8, 4) is 5.75 Å². The monoisotopic (exact) mass is 436 g/mol. The summed E-state index contributed by atoms with van der Waals surface area (Å²) in [7, 11) is 1.71. The molecule has 1 N–H and O–H groups in total. The molecule has 0 radical (unpaired) electrons. The molecule has 2 fully saturated rings. The van der Waals surface area contributed by atoms with E-state index in [0.29, 0.717) is 0 Å². The van der Waals surface area contributed by atoms with Crippen molar-refractivity contribution in [3.05, 3.63) is 59.9 Å². The smallest absolute Gasteiger partial charge is 0.224 e. The largest absolute Gasteiger partial charge is 0.497 e. The molecule has 4 rings (SSSR count). The van der Waals surface area contributed by atoms with Crippen molar-refractivity contribution in [2.24, 2.45) is 5.92 Å². The van der Waals surface area contributed by atoms with Crippen molar-refractivity contribution < 1.29 is 9.53 Å². The van der Waals surface area contributed by atoms with Crippen molar-refractivity contribution >= 4 is 5.91 Å². The lowest BCUT2D eigenvalue weighted by Crippen LogP contribution is -2.56. The zero-order valence-corrected chi connectivity index (χ0v) is 19.2. The first-order valence-electron chi connectivity index (χ1n) is 12.0. The van der Waals surface area contributed by atoms with Gasteiger partial charge >= 0.3 is 0 Å². The summed E-state index contributed by atoms with van der Waals surface area (Å²) in [6.07, 6.45) is 9.28. The van der Waals surface area contributed by atoms with Crippen molar-refractivity contribution in [1.29, 1.82) is 0 Å². The minimum absolute atomic E-state index is 0.0384. The molecule has 2 aliphatic rings. The number of likely N-dealkylation sites (tertiary alicyclic amines) is 1. The van der Waals surface area contributed by atoms with Crippen LogP contribution in [-0.4, -0.2) is 60.0 Å². The van der Waals surface area contributed by atoms with Crippen LogP contribution < -0.4 is 10.1 Å². The number of carbonyl (C=O) groups excluding carboxylic acids is 1. The van der Waals surface area contributed by atoms with Gasteiger partial charge in [0.1, 0.15) is 5.75 Å². The van der Waals surface area contributed by atoms with Gasteiger partial charge in [0.05, 0.1) is 13.0 Å². The normalized spacial score (nSPS) is 23.6. The first kappa shape index (κ1) is 22.7. The molecule has 32 heavy (non-hydrogen) atoms. The second-order valence-corrected chi connectivity index (χ2v) is 9.08. The van der Waals surface area contributed by atoms with Crippen LogP contribution in [0.5, 0.6) is 5.75 Å². The molecule has 2 aliphatic heterocycles. The molecule has 1 amide bonds. The molecule has 0 saturated carbocycles. The summed E-state index contributed by atoms with van der Waals surface area (Å²) < 4.78 is 5.41. The molecule has 2 unspecified atom stereocenters. The Bertz CT molecular complexity index is 860. The van der Waals surface area contributed by atoms with Crippen LogP contribution in [0.25, 0.3) is 0 Å². The van der Waals surface area contributed by atoms with Crippen LogP contribution in [-0.2, 0) is 17.9 Å². The van der Waals surface area contributed by atoms with E-state index in [0.717, 1.165) is 57.9 Å². The van der Waals surface area contributed by atoms with E-state index < -0.39 is 0 Å². The van der Waals surface area contributed by atoms with Gasteiger partial charge in [-0.05, 0) is 67.7 Å². The predicted octanol–water partition coefficient (Wildman–Crippen LogP) is 3.47. The average Bonchev–Trinajstić information content (AvgIpc) is 2.86. The Kier molecular flexibility index (Phi) is 8.13. The van der Waals surface area contributed by atoms with Gasteiger partial charge < -0.3 is 10.1 Å². The third-order valence-electron chi connectivity index (χ3n) is 6.82. The van der Waals surface area contributed by atoms with Gasteiger partial charge in [-0.15, -0.1) is 0 Å². The topological polar surface area (TPSA) is 57.7 Å². The Morgan fingerprint density at radius 1 is 1.03 bits per heavy atom. The van der Waals surface area contributed by atoms with E-state index in [4.69, 9.17) is 4.74 Å². The maximum Gasteiger partial charge on any atom is 0.224 e. The molecule has 0 aliphatic carbocycles. The number of benzene rings is 1. The average molecular weight is 437 g/mol. The molecular weight excluding hydrogens is 400 g/mol. The van der Waals surface area contributed by atoms with E-state index in [1.807, 2.05) is 18.5 Å². The number of nitrogens with zero attached hydrogens (tertiary/aromatic N) is 3. The standard InChI is InChI=1S/C26H36N4O2/c1-32-23-8-6-7-22(17-23)18-29-16-11-24-25(20-29)30(19-21-9-13-27-14-10-21)15-5-3-2-4-12-28-26(24)31/h6-10,13-14,17,24-25H,2-5,11-12,15-16,18-20H2,1H3,(H,28,31). The van der Waals surface area contributed by atoms with Crippen LogP contribution in [0, 0.1) is 5.92 Å². The van der Waals surface area contributed by atoms with Gasteiger partial charge in [-0.3, -0.25) is 19.6 Å². The molecule has 2 saturated heterocycles. The quantitative estimate of drug-likeness (QED) is 0.778. The van der Waals surface area contributed by atoms with Gasteiger partial charge in [0, 0.05) is 44.6 Å². The summed E-state index contributed by atoms with van der Waals surface area (Å²) in [6.45, 7) is 5.42. The van der Waals surface area contributed by atoms with E-state index in [2.05, 4.69) is 50.4 Å². The Morgan fingerprint density at radius 3 is 2.72 bits per heavy atom. The van der Waals surface area contributed by atoms with Gasteiger partial charge in [0.15, 0.2) is 0 Å². The summed E-state index contributed by atoms with van der Waals surface area (Å²) in [5.41, 5.74) is 2.52. The SMILES string of the molecule is COc1cccc(CN2CCC3C(=O)NCCCCCCN(Cc4ccncc4)C3C2)c1. The van der Waals surface area contributed by atoms with Gasteiger partial charge in [-0.2, -0.15) is 0 Å². The van der Waals surface area contributed by atoms with Crippen molar-refractivity contribution in [2.75, 3.05) is 33.3 Å². The van der Waals surface area contributed by atoms with Crippen LogP contribution in [0.15, 0.2) is 48.8 Å².